The lowest BCUT2D eigenvalue weighted by Crippen LogP contribution is -2.54. The van der Waals surface area contributed by atoms with Crippen molar-refractivity contribution in [2.24, 2.45) is 10.4 Å². The molecule has 1 fully saturated rings. The molecule has 0 spiro atoms. The van der Waals surface area contributed by atoms with Crippen molar-refractivity contribution in [3.8, 4) is 0 Å². The van der Waals surface area contributed by atoms with Crippen LogP contribution >= 0.6 is 22.9 Å². The van der Waals surface area contributed by atoms with E-state index < -0.39 is 5.41 Å². The van der Waals surface area contributed by atoms with E-state index in [1.807, 2.05) is 19.9 Å². The fourth-order valence-corrected chi connectivity index (χ4v) is 3.96. The fourth-order valence-electron chi connectivity index (χ4n) is 2.83. The highest BCUT2D eigenvalue weighted by atomic mass is 35.5. The van der Waals surface area contributed by atoms with Crippen molar-refractivity contribution in [3.05, 3.63) is 21.3 Å². The summed E-state index contributed by atoms with van der Waals surface area (Å²) in [6.07, 6.45) is 0. The van der Waals surface area contributed by atoms with Crippen LogP contribution < -0.4 is 10.6 Å². The number of thiophene rings is 1. The fraction of sp³-hybridized carbons (Fsp3) is 0.647. The van der Waals surface area contributed by atoms with Crippen molar-refractivity contribution in [2.45, 2.75) is 20.4 Å². The zero-order valence-corrected chi connectivity index (χ0v) is 17.0. The third-order valence-electron chi connectivity index (χ3n) is 4.42. The number of guanidine groups is 1. The van der Waals surface area contributed by atoms with Gasteiger partial charge in [-0.25, -0.2) is 0 Å². The quantitative estimate of drug-likeness (QED) is 0.600. The third-order valence-corrected chi connectivity index (χ3v) is 5.64. The van der Waals surface area contributed by atoms with E-state index in [1.165, 1.54) is 4.88 Å². The van der Waals surface area contributed by atoms with Gasteiger partial charge in [0.05, 0.1) is 9.75 Å². The molecule has 8 heteroatoms. The van der Waals surface area contributed by atoms with Gasteiger partial charge in [-0.2, -0.15) is 0 Å². The number of nitrogens with one attached hydrogen (secondary N) is 2. The molecule has 1 saturated heterocycles. The summed E-state index contributed by atoms with van der Waals surface area (Å²) in [5.41, 5.74) is -0.481. The highest BCUT2D eigenvalue weighted by molar-refractivity contribution is 7.16. The molecule has 2 heterocycles. The SMILES string of the molecule is CN=C(NCC(C)(C)C(=O)NC)N1CCN(Cc2ccc(Cl)s2)CC1. The van der Waals surface area contributed by atoms with Gasteiger partial charge in [-0.1, -0.05) is 11.6 Å². The van der Waals surface area contributed by atoms with Gasteiger partial charge in [-0.05, 0) is 26.0 Å². The Balaban J connectivity index is 1.82. The number of rotatable bonds is 5. The molecule has 1 amide bonds. The number of hydrogen-bond acceptors (Lipinski definition) is 4. The maximum atomic E-state index is 11.9. The van der Waals surface area contributed by atoms with Crippen molar-refractivity contribution < 1.29 is 4.79 Å². The maximum absolute atomic E-state index is 11.9. The minimum atomic E-state index is -0.481. The molecule has 2 rings (SSSR count). The highest BCUT2D eigenvalue weighted by Crippen LogP contribution is 2.23. The number of carbonyl (C=O) groups excluding carboxylic acids is 1. The lowest BCUT2D eigenvalue weighted by Gasteiger charge is -2.37. The topological polar surface area (TPSA) is 60.0 Å². The average Bonchev–Trinajstić information content (AvgIpc) is 3.00. The summed E-state index contributed by atoms with van der Waals surface area (Å²) >= 11 is 7.65. The van der Waals surface area contributed by atoms with E-state index in [-0.39, 0.29) is 5.91 Å². The minimum absolute atomic E-state index is 0.0230. The van der Waals surface area contributed by atoms with Crippen molar-refractivity contribution in [2.75, 3.05) is 46.8 Å². The minimum Gasteiger partial charge on any atom is -0.359 e. The number of amides is 1. The van der Waals surface area contributed by atoms with Crippen LogP contribution in [0.15, 0.2) is 17.1 Å². The number of piperazine rings is 1. The summed E-state index contributed by atoms with van der Waals surface area (Å²) < 4.78 is 0.844. The van der Waals surface area contributed by atoms with E-state index in [0.29, 0.717) is 6.54 Å². The molecule has 140 valence electrons. The average molecular weight is 386 g/mol. The van der Waals surface area contributed by atoms with Crippen LogP contribution in [0.3, 0.4) is 0 Å². The molecular weight excluding hydrogens is 358 g/mol. The van der Waals surface area contributed by atoms with Gasteiger partial charge in [0.15, 0.2) is 5.96 Å². The van der Waals surface area contributed by atoms with Gasteiger partial charge in [0.25, 0.3) is 0 Å². The van der Waals surface area contributed by atoms with E-state index >= 15 is 0 Å². The van der Waals surface area contributed by atoms with Gasteiger partial charge < -0.3 is 15.5 Å². The number of carbonyl (C=O) groups is 1. The molecule has 0 saturated carbocycles. The maximum Gasteiger partial charge on any atom is 0.227 e. The second-order valence-electron chi connectivity index (χ2n) is 6.83. The zero-order chi connectivity index (χ0) is 18.4. The smallest absolute Gasteiger partial charge is 0.227 e. The van der Waals surface area contributed by atoms with Gasteiger partial charge in [-0.3, -0.25) is 14.7 Å². The lowest BCUT2D eigenvalue weighted by atomic mass is 9.92. The van der Waals surface area contributed by atoms with Crippen molar-refractivity contribution in [3.63, 3.8) is 0 Å². The highest BCUT2D eigenvalue weighted by Gasteiger charge is 2.28. The first kappa shape index (κ1) is 20.0. The first-order chi connectivity index (χ1) is 11.9. The molecule has 0 atom stereocenters. The van der Waals surface area contributed by atoms with Gasteiger partial charge in [0, 0.05) is 58.2 Å². The molecule has 0 aromatic carbocycles. The van der Waals surface area contributed by atoms with E-state index in [9.17, 15) is 4.79 Å². The molecule has 6 nitrogen and oxygen atoms in total. The Morgan fingerprint density at radius 3 is 2.52 bits per heavy atom. The number of halogens is 1. The Morgan fingerprint density at radius 2 is 2.00 bits per heavy atom. The first-order valence-corrected chi connectivity index (χ1v) is 9.69. The second-order valence-corrected chi connectivity index (χ2v) is 8.63. The van der Waals surface area contributed by atoms with Crippen LogP contribution in [-0.2, 0) is 11.3 Å². The predicted molar refractivity (Wildman–Crippen MR) is 105 cm³/mol. The van der Waals surface area contributed by atoms with Crippen LogP contribution in [0.5, 0.6) is 0 Å². The number of hydrogen-bond donors (Lipinski definition) is 2. The van der Waals surface area contributed by atoms with E-state index in [0.717, 1.165) is 43.0 Å². The molecule has 0 unspecified atom stereocenters. The zero-order valence-electron chi connectivity index (χ0n) is 15.4. The summed E-state index contributed by atoms with van der Waals surface area (Å²) in [5, 5.41) is 6.05. The van der Waals surface area contributed by atoms with Crippen LogP contribution in [0.4, 0.5) is 0 Å². The Kier molecular flexibility index (Phi) is 7.10. The molecule has 1 aromatic rings. The lowest BCUT2D eigenvalue weighted by molar-refractivity contribution is -0.128. The van der Waals surface area contributed by atoms with Crippen LogP contribution in [0.1, 0.15) is 18.7 Å². The van der Waals surface area contributed by atoms with Gasteiger partial charge in [-0.15, -0.1) is 11.3 Å². The van der Waals surface area contributed by atoms with Crippen molar-refractivity contribution >= 4 is 34.8 Å². The Morgan fingerprint density at radius 1 is 1.32 bits per heavy atom. The Hall–Kier alpha value is -1.31. The monoisotopic (exact) mass is 385 g/mol. The summed E-state index contributed by atoms with van der Waals surface area (Å²) in [6, 6.07) is 4.05. The van der Waals surface area contributed by atoms with Crippen LogP contribution in [0.2, 0.25) is 4.34 Å². The molecular formula is C17H28ClN5OS. The largest absolute Gasteiger partial charge is 0.359 e. The molecule has 25 heavy (non-hydrogen) atoms. The van der Waals surface area contributed by atoms with E-state index in [2.05, 4.69) is 31.5 Å². The normalized spacial score (nSPS) is 16.8. The Labute approximate surface area is 159 Å². The predicted octanol–water partition coefficient (Wildman–Crippen LogP) is 1.87. The molecule has 0 radical (unpaired) electrons. The van der Waals surface area contributed by atoms with E-state index in [4.69, 9.17) is 11.6 Å². The summed E-state index contributed by atoms with van der Waals surface area (Å²) in [5.74, 6) is 0.880. The van der Waals surface area contributed by atoms with Crippen molar-refractivity contribution in [1.29, 1.82) is 0 Å². The van der Waals surface area contributed by atoms with Gasteiger partial charge in [0.1, 0.15) is 0 Å². The van der Waals surface area contributed by atoms with Crippen LogP contribution in [-0.4, -0.2) is 68.5 Å². The number of aliphatic imine (C=N–C) groups is 1. The second kappa shape index (κ2) is 8.87. The summed E-state index contributed by atoms with van der Waals surface area (Å²) in [4.78, 5) is 22.3. The van der Waals surface area contributed by atoms with Crippen molar-refractivity contribution in [1.82, 2.24) is 20.4 Å². The summed E-state index contributed by atoms with van der Waals surface area (Å²) in [6.45, 7) is 9.14. The third kappa shape index (κ3) is 5.59. The summed E-state index contributed by atoms with van der Waals surface area (Å²) in [7, 11) is 3.45. The molecule has 0 aliphatic carbocycles. The van der Waals surface area contributed by atoms with E-state index in [1.54, 1.807) is 25.4 Å². The number of nitrogens with zero attached hydrogens (tertiary/aromatic N) is 3. The molecule has 0 bridgehead atoms. The molecule has 1 aliphatic heterocycles. The van der Waals surface area contributed by atoms with Crippen LogP contribution in [0, 0.1) is 5.41 Å². The van der Waals surface area contributed by atoms with Gasteiger partial charge in [0.2, 0.25) is 5.91 Å². The molecule has 1 aliphatic rings. The van der Waals surface area contributed by atoms with Gasteiger partial charge >= 0.3 is 0 Å². The standard InChI is InChI=1S/C17H28ClN5OS/c1-17(2,15(24)19-3)12-21-16(20-4)23-9-7-22(8-10-23)11-13-5-6-14(18)25-13/h5-6H,7-12H2,1-4H3,(H,19,24)(H,20,21). The Bertz CT molecular complexity index is 608. The van der Waals surface area contributed by atoms with Crippen LogP contribution in [0.25, 0.3) is 0 Å². The molecule has 1 aromatic heterocycles. The molecule has 2 N–H and O–H groups in total. The first-order valence-electron chi connectivity index (χ1n) is 8.50.